The minimum atomic E-state index is -0.577. The van der Waals surface area contributed by atoms with Gasteiger partial charge in [0.15, 0.2) is 0 Å². The molecular weight excluding hydrogens is 182 g/mol. The zero-order chi connectivity index (χ0) is 7.56. The van der Waals surface area contributed by atoms with Crippen molar-refractivity contribution in [2.24, 2.45) is 0 Å². The van der Waals surface area contributed by atoms with Crippen molar-refractivity contribution in [2.75, 3.05) is 12.3 Å². The van der Waals surface area contributed by atoms with Crippen LogP contribution in [0.1, 0.15) is 20.3 Å². The fourth-order valence-corrected chi connectivity index (χ4v) is 2.70. The highest BCUT2D eigenvalue weighted by Gasteiger charge is 2.24. The van der Waals surface area contributed by atoms with Crippen LogP contribution < -0.4 is 5.32 Å². The maximum absolute atomic E-state index is 11.2. The first kappa shape index (κ1) is 11.4. The minimum absolute atomic E-state index is 0. The Morgan fingerprint density at radius 2 is 2.27 bits per heavy atom. The summed E-state index contributed by atoms with van der Waals surface area (Å²) in [4.78, 5) is 0. The van der Waals surface area contributed by atoms with Crippen LogP contribution >= 0.6 is 12.4 Å². The molecule has 1 heterocycles. The predicted molar refractivity (Wildman–Crippen MR) is 51.8 cm³/mol. The fourth-order valence-electron chi connectivity index (χ4n) is 1.36. The molecule has 3 unspecified atom stereocenters. The van der Waals surface area contributed by atoms with E-state index in [0.717, 1.165) is 18.7 Å². The van der Waals surface area contributed by atoms with Gasteiger partial charge in [0.1, 0.15) is 0 Å². The summed E-state index contributed by atoms with van der Waals surface area (Å²) in [5.41, 5.74) is 0. The maximum Gasteiger partial charge on any atom is 0.0473 e. The van der Waals surface area contributed by atoms with Crippen LogP contribution in [0, 0.1) is 0 Å². The van der Waals surface area contributed by atoms with Crippen LogP contribution in [0.2, 0.25) is 0 Å². The Balaban J connectivity index is 0.000001000. The first-order valence-corrected chi connectivity index (χ1v) is 5.24. The molecule has 0 aliphatic carbocycles. The first-order valence-electron chi connectivity index (χ1n) is 3.86. The second-order valence-corrected chi connectivity index (χ2v) is 4.67. The summed E-state index contributed by atoms with van der Waals surface area (Å²) in [5, 5.41) is 3.70. The fraction of sp³-hybridized carbons (Fsp3) is 1.00. The molecule has 1 saturated heterocycles. The summed E-state index contributed by atoms with van der Waals surface area (Å²) in [6.45, 7) is 5.13. The molecule has 1 aliphatic heterocycles. The van der Waals surface area contributed by atoms with Crippen LogP contribution in [0.5, 0.6) is 0 Å². The van der Waals surface area contributed by atoms with Gasteiger partial charge in [-0.15, -0.1) is 12.4 Å². The second-order valence-electron chi connectivity index (χ2n) is 2.76. The molecule has 0 aromatic rings. The van der Waals surface area contributed by atoms with E-state index >= 15 is 0 Å². The second kappa shape index (κ2) is 5.12. The van der Waals surface area contributed by atoms with Crippen molar-refractivity contribution in [3.63, 3.8) is 0 Å². The van der Waals surface area contributed by atoms with E-state index < -0.39 is 10.8 Å². The zero-order valence-electron chi connectivity index (χ0n) is 7.00. The zero-order valence-corrected chi connectivity index (χ0v) is 8.63. The molecule has 4 heteroatoms. The largest absolute Gasteiger partial charge is 0.312 e. The van der Waals surface area contributed by atoms with Crippen LogP contribution in [0.15, 0.2) is 0 Å². The molecule has 0 bridgehead atoms. The summed E-state index contributed by atoms with van der Waals surface area (Å²) in [6.07, 6.45) is 1.09. The van der Waals surface area contributed by atoms with Crippen LogP contribution in [-0.4, -0.2) is 27.8 Å². The molecule has 0 amide bonds. The first-order chi connectivity index (χ1) is 4.75. The van der Waals surface area contributed by atoms with E-state index in [2.05, 4.69) is 19.2 Å². The van der Waals surface area contributed by atoms with Crippen molar-refractivity contribution >= 4 is 23.2 Å². The number of halogens is 1. The van der Waals surface area contributed by atoms with Crippen molar-refractivity contribution in [3.8, 4) is 0 Å². The minimum Gasteiger partial charge on any atom is -0.312 e. The van der Waals surface area contributed by atoms with Gasteiger partial charge < -0.3 is 5.32 Å². The molecule has 68 valence electrons. The van der Waals surface area contributed by atoms with Gasteiger partial charge in [-0.1, -0.05) is 6.92 Å². The molecule has 2 nitrogen and oxygen atoms in total. The van der Waals surface area contributed by atoms with Crippen molar-refractivity contribution in [1.82, 2.24) is 5.32 Å². The molecule has 0 aromatic heterocycles. The van der Waals surface area contributed by atoms with Crippen LogP contribution in [0.25, 0.3) is 0 Å². The third kappa shape index (κ3) is 2.73. The van der Waals surface area contributed by atoms with E-state index in [1.54, 1.807) is 0 Å². The lowest BCUT2D eigenvalue weighted by molar-refractivity contribution is 0.483. The Kier molecular flexibility index (Phi) is 5.30. The van der Waals surface area contributed by atoms with E-state index in [9.17, 15) is 4.21 Å². The number of rotatable bonds is 1. The van der Waals surface area contributed by atoms with Crippen molar-refractivity contribution in [1.29, 1.82) is 0 Å². The SMILES string of the molecule is CCC1NCCS(=O)C1C.Cl. The lowest BCUT2D eigenvalue weighted by Crippen LogP contribution is -2.47. The lowest BCUT2D eigenvalue weighted by atomic mass is 10.1. The van der Waals surface area contributed by atoms with Crippen LogP contribution in [0.3, 0.4) is 0 Å². The third-order valence-electron chi connectivity index (χ3n) is 2.13. The lowest BCUT2D eigenvalue weighted by Gasteiger charge is -2.28. The van der Waals surface area contributed by atoms with Crippen molar-refractivity contribution in [3.05, 3.63) is 0 Å². The topological polar surface area (TPSA) is 29.1 Å². The van der Waals surface area contributed by atoms with Crippen LogP contribution in [-0.2, 0) is 10.8 Å². The van der Waals surface area contributed by atoms with E-state index in [0.29, 0.717) is 11.3 Å². The molecule has 1 fully saturated rings. The number of hydrogen-bond acceptors (Lipinski definition) is 2. The molecule has 1 N–H and O–H groups in total. The van der Waals surface area contributed by atoms with E-state index in [1.165, 1.54) is 0 Å². The third-order valence-corrected chi connectivity index (χ3v) is 3.90. The van der Waals surface area contributed by atoms with Gasteiger partial charge in [-0.25, -0.2) is 0 Å². The summed E-state index contributed by atoms with van der Waals surface area (Å²) >= 11 is 0. The van der Waals surface area contributed by atoms with Gasteiger partial charge in [-0.2, -0.15) is 0 Å². The molecular formula is C7H16ClNOS. The van der Waals surface area contributed by atoms with Gasteiger partial charge in [-0.05, 0) is 13.3 Å². The summed E-state index contributed by atoms with van der Waals surface area (Å²) < 4.78 is 11.2. The molecule has 0 saturated carbocycles. The number of hydrogen-bond donors (Lipinski definition) is 1. The van der Waals surface area contributed by atoms with Gasteiger partial charge in [0.25, 0.3) is 0 Å². The van der Waals surface area contributed by atoms with E-state index in [1.807, 2.05) is 0 Å². The Labute approximate surface area is 77.0 Å². The standard InChI is InChI=1S/C7H15NOS.ClH/c1-3-7-6(2)10(9)5-4-8-7;/h6-8H,3-5H2,1-2H3;1H. The highest BCUT2D eigenvalue weighted by Crippen LogP contribution is 2.09. The molecule has 3 atom stereocenters. The highest BCUT2D eigenvalue weighted by molar-refractivity contribution is 7.85. The smallest absolute Gasteiger partial charge is 0.0473 e. The average Bonchev–Trinajstić information content (AvgIpc) is 1.95. The van der Waals surface area contributed by atoms with E-state index in [4.69, 9.17) is 0 Å². The van der Waals surface area contributed by atoms with Gasteiger partial charge in [0.2, 0.25) is 0 Å². The molecule has 1 rings (SSSR count). The van der Waals surface area contributed by atoms with Crippen molar-refractivity contribution in [2.45, 2.75) is 31.6 Å². The molecule has 0 radical (unpaired) electrons. The average molecular weight is 198 g/mol. The Bertz CT molecular complexity index is 142. The Morgan fingerprint density at radius 1 is 1.64 bits per heavy atom. The van der Waals surface area contributed by atoms with Gasteiger partial charge in [0, 0.05) is 34.4 Å². The molecule has 1 aliphatic rings. The van der Waals surface area contributed by atoms with Gasteiger partial charge in [0.05, 0.1) is 0 Å². The Morgan fingerprint density at radius 3 is 2.73 bits per heavy atom. The molecule has 11 heavy (non-hydrogen) atoms. The highest BCUT2D eigenvalue weighted by atomic mass is 35.5. The number of nitrogens with one attached hydrogen (secondary N) is 1. The monoisotopic (exact) mass is 197 g/mol. The van der Waals surface area contributed by atoms with E-state index in [-0.39, 0.29) is 12.4 Å². The quantitative estimate of drug-likeness (QED) is 0.678. The maximum atomic E-state index is 11.2. The predicted octanol–water partition coefficient (Wildman–Crippen LogP) is 0.927. The summed E-state index contributed by atoms with van der Waals surface area (Å²) in [6, 6.07) is 0.481. The normalized spacial score (nSPS) is 37.8. The summed E-state index contributed by atoms with van der Waals surface area (Å²) in [7, 11) is -0.577. The van der Waals surface area contributed by atoms with Crippen LogP contribution in [0.4, 0.5) is 0 Å². The molecule has 0 spiro atoms. The Hall–Kier alpha value is 0.400. The van der Waals surface area contributed by atoms with Crippen molar-refractivity contribution < 1.29 is 4.21 Å². The molecule has 0 aromatic carbocycles. The summed E-state index contributed by atoms with van der Waals surface area (Å²) in [5.74, 6) is 0.831. The van der Waals surface area contributed by atoms with Gasteiger partial charge in [-0.3, -0.25) is 4.21 Å². The van der Waals surface area contributed by atoms with Gasteiger partial charge >= 0.3 is 0 Å².